The predicted molar refractivity (Wildman–Crippen MR) is 116 cm³/mol. The molecule has 152 valence electrons. The molecule has 0 saturated carbocycles. The highest BCUT2D eigenvalue weighted by atomic mass is 15.3. The number of pyridine rings is 2. The molecule has 5 rings (SSSR count). The molecule has 2 saturated heterocycles. The monoisotopic (exact) mass is 390 g/mol. The summed E-state index contributed by atoms with van der Waals surface area (Å²) in [6, 6.07) is 11.6. The molecule has 2 aliphatic rings. The van der Waals surface area contributed by atoms with Gasteiger partial charge in [0.25, 0.3) is 0 Å². The molecule has 0 aromatic carbocycles. The number of imidazole rings is 1. The summed E-state index contributed by atoms with van der Waals surface area (Å²) in [6.45, 7) is 9.67. The zero-order valence-electron chi connectivity index (χ0n) is 17.6. The predicted octanol–water partition coefficient (Wildman–Crippen LogP) is 3.13. The Morgan fingerprint density at radius 3 is 2.66 bits per heavy atom. The van der Waals surface area contributed by atoms with Crippen molar-refractivity contribution in [2.24, 2.45) is 0 Å². The number of aromatic nitrogens is 3. The van der Waals surface area contributed by atoms with Crippen LogP contribution in [0.15, 0.2) is 42.7 Å². The van der Waals surface area contributed by atoms with E-state index < -0.39 is 0 Å². The highest BCUT2D eigenvalue weighted by Crippen LogP contribution is 2.39. The van der Waals surface area contributed by atoms with Gasteiger partial charge in [0.1, 0.15) is 11.5 Å². The van der Waals surface area contributed by atoms with Crippen LogP contribution in [-0.2, 0) is 6.54 Å². The molecule has 0 spiro atoms. The van der Waals surface area contributed by atoms with Crippen LogP contribution in [0.25, 0.3) is 5.65 Å². The Morgan fingerprint density at radius 1 is 1.07 bits per heavy atom. The number of piperazine rings is 1. The average molecular weight is 391 g/mol. The Kier molecular flexibility index (Phi) is 4.76. The van der Waals surface area contributed by atoms with Crippen molar-refractivity contribution in [2.45, 2.75) is 38.9 Å². The van der Waals surface area contributed by atoms with Crippen LogP contribution < -0.4 is 4.90 Å². The van der Waals surface area contributed by atoms with Gasteiger partial charge >= 0.3 is 0 Å². The maximum atomic E-state index is 4.95. The molecule has 0 N–H and O–H groups in total. The van der Waals surface area contributed by atoms with E-state index in [-0.39, 0.29) is 0 Å². The largest absolute Gasteiger partial charge is 0.355 e. The van der Waals surface area contributed by atoms with Crippen LogP contribution in [-0.4, -0.2) is 63.4 Å². The Morgan fingerprint density at radius 2 is 1.90 bits per heavy atom. The fourth-order valence-electron chi connectivity index (χ4n) is 4.75. The zero-order valence-corrected chi connectivity index (χ0v) is 17.6. The molecule has 0 unspecified atom stereocenters. The van der Waals surface area contributed by atoms with E-state index in [1.165, 1.54) is 17.1 Å². The van der Waals surface area contributed by atoms with Gasteiger partial charge < -0.3 is 9.80 Å². The van der Waals surface area contributed by atoms with E-state index in [9.17, 15) is 0 Å². The van der Waals surface area contributed by atoms with Gasteiger partial charge in [0, 0.05) is 51.2 Å². The van der Waals surface area contributed by atoms with Gasteiger partial charge in [0.15, 0.2) is 0 Å². The molecule has 2 atom stereocenters. The Labute approximate surface area is 172 Å². The molecule has 6 nitrogen and oxygen atoms in total. The number of rotatable bonds is 4. The topological polar surface area (TPSA) is 39.9 Å². The number of fused-ring (bicyclic) bond motifs is 1. The first kappa shape index (κ1) is 18.6. The van der Waals surface area contributed by atoms with E-state index in [0.717, 1.165) is 50.5 Å². The summed E-state index contributed by atoms with van der Waals surface area (Å²) in [5.74, 6) is 1.25. The van der Waals surface area contributed by atoms with Crippen molar-refractivity contribution < 1.29 is 0 Å². The van der Waals surface area contributed by atoms with Crippen LogP contribution in [0.1, 0.15) is 36.3 Å². The van der Waals surface area contributed by atoms with Gasteiger partial charge in [-0.15, -0.1) is 0 Å². The summed E-state index contributed by atoms with van der Waals surface area (Å²) in [5, 5.41) is 0. The summed E-state index contributed by atoms with van der Waals surface area (Å²) >= 11 is 0. The molecule has 3 aromatic heterocycles. The maximum absolute atomic E-state index is 4.95. The molecule has 0 aliphatic carbocycles. The highest BCUT2D eigenvalue weighted by Gasteiger charge is 2.38. The molecular weight excluding hydrogens is 360 g/mol. The number of aryl methyl sites for hydroxylation is 1. The second-order valence-electron chi connectivity index (χ2n) is 8.61. The van der Waals surface area contributed by atoms with Crippen LogP contribution in [0.4, 0.5) is 5.82 Å². The number of likely N-dealkylation sites (tertiary alicyclic amines) is 1. The summed E-state index contributed by atoms with van der Waals surface area (Å²) in [4.78, 5) is 17.0. The Balaban J connectivity index is 1.40. The molecule has 6 heteroatoms. The third-order valence-electron chi connectivity index (χ3n) is 6.59. The standard InChI is InChI=1S/C23H30N6/c1-17-6-5-9-24-23(17)20-14-18(2)28(20)15-19-16-29-21(25-19)7-4-8-22(29)27-12-10-26(3)11-13-27/h4-9,16,18,20H,10-15H2,1-3H3/t18-,20+/m0/s1. The highest BCUT2D eigenvalue weighted by molar-refractivity contribution is 5.53. The van der Waals surface area contributed by atoms with E-state index in [1.807, 2.05) is 12.3 Å². The summed E-state index contributed by atoms with van der Waals surface area (Å²) in [6.07, 6.45) is 5.31. The minimum atomic E-state index is 0.396. The minimum Gasteiger partial charge on any atom is -0.355 e. The molecule has 2 aliphatic heterocycles. The fourth-order valence-corrected chi connectivity index (χ4v) is 4.75. The van der Waals surface area contributed by atoms with Gasteiger partial charge in [0.05, 0.1) is 17.4 Å². The van der Waals surface area contributed by atoms with Crippen molar-refractivity contribution in [3.8, 4) is 0 Å². The first-order chi connectivity index (χ1) is 14.1. The number of likely N-dealkylation sites (N-methyl/N-ethyl adjacent to an activating group) is 1. The quantitative estimate of drug-likeness (QED) is 0.685. The third-order valence-corrected chi connectivity index (χ3v) is 6.59. The van der Waals surface area contributed by atoms with Crippen LogP contribution in [0, 0.1) is 6.92 Å². The second-order valence-corrected chi connectivity index (χ2v) is 8.61. The molecule has 0 radical (unpaired) electrons. The zero-order chi connectivity index (χ0) is 20.0. The maximum Gasteiger partial charge on any atom is 0.138 e. The Hall–Kier alpha value is -2.44. The van der Waals surface area contributed by atoms with Crippen LogP contribution >= 0.6 is 0 Å². The van der Waals surface area contributed by atoms with E-state index in [0.29, 0.717) is 12.1 Å². The molecule has 3 aromatic rings. The van der Waals surface area contributed by atoms with Gasteiger partial charge in [-0.2, -0.15) is 0 Å². The Bertz CT molecular complexity index is 1000. The van der Waals surface area contributed by atoms with Crippen molar-refractivity contribution in [2.75, 3.05) is 38.1 Å². The van der Waals surface area contributed by atoms with Crippen molar-refractivity contribution in [1.82, 2.24) is 24.2 Å². The molecule has 0 bridgehead atoms. The molecule has 29 heavy (non-hydrogen) atoms. The molecular formula is C23H30N6. The van der Waals surface area contributed by atoms with Gasteiger partial charge in [-0.1, -0.05) is 12.1 Å². The van der Waals surface area contributed by atoms with Gasteiger partial charge in [-0.25, -0.2) is 4.98 Å². The summed E-state index contributed by atoms with van der Waals surface area (Å²) in [7, 11) is 2.20. The lowest BCUT2D eigenvalue weighted by molar-refractivity contribution is 0.0125. The fraction of sp³-hybridized carbons (Fsp3) is 0.478. The van der Waals surface area contributed by atoms with Crippen molar-refractivity contribution >= 4 is 11.5 Å². The smallest absolute Gasteiger partial charge is 0.138 e. The number of hydrogen-bond donors (Lipinski definition) is 0. The van der Waals surface area contributed by atoms with E-state index in [4.69, 9.17) is 4.98 Å². The average Bonchev–Trinajstić information content (AvgIpc) is 3.15. The number of nitrogens with zero attached hydrogens (tertiary/aromatic N) is 6. The lowest BCUT2D eigenvalue weighted by Gasteiger charge is -2.47. The van der Waals surface area contributed by atoms with Gasteiger partial charge in [-0.05, 0) is 51.1 Å². The van der Waals surface area contributed by atoms with Gasteiger partial charge in [0.2, 0.25) is 0 Å². The van der Waals surface area contributed by atoms with E-state index in [1.54, 1.807) is 0 Å². The first-order valence-corrected chi connectivity index (χ1v) is 10.7. The third kappa shape index (κ3) is 3.40. The van der Waals surface area contributed by atoms with E-state index >= 15 is 0 Å². The molecule has 5 heterocycles. The molecule has 0 amide bonds. The number of anilines is 1. The van der Waals surface area contributed by atoms with Crippen molar-refractivity contribution in [1.29, 1.82) is 0 Å². The molecule has 2 fully saturated rings. The first-order valence-electron chi connectivity index (χ1n) is 10.7. The van der Waals surface area contributed by atoms with Crippen molar-refractivity contribution in [3.63, 3.8) is 0 Å². The lowest BCUT2D eigenvalue weighted by Crippen LogP contribution is -2.48. The van der Waals surface area contributed by atoms with E-state index in [2.05, 4.69) is 75.4 Å². The van der Waals surface area contributed by atoms with Crippen LogP contribution in [0.2, 0.25) is 0 Å². The summed E-state index contributed by atoms with van der Waals surface area (Å²) in [5.41, 5.74) is 4.67. The van der Waals surface area contributed by atoms with Crippen LogP contribution in [0.5, 0.6) is 0 Å². The summed E-state index contributed by atoms with van der Waals surface area (Å²) < 4.78 is 2.27. The SMILES string of the molecule is Cc1cccnc1[C@H]1C[C@H](C)N1Cc1cn2c(N3CCN(C)CC3)cccc2n1. The lowest BCUT2D eigenvalue weighted by atomic mass is 9.89. The normalized spacial score (nSPS) is 23.5. The second kappa shape index (κ2) is 7.43. The number of hydrogen-bond acceptors (Lipinski definition) is 5. The van der Waals surface area contributed by atoms with Gasteiger partial charge in [-0.3, -0.25) is 14.3 Å². The minimum absolute atomic E-state index is 0.396. The van der Waals surface area contributed by atoms with Crippen LogP contribution in [0.3, 0.4) is 0 Å². The van der Waals surface area contributed by atoms with Crippen molar-refractivity contribution in [3.05, 3.63) is 59.7 Å².